The van der Waals surface area contributed by atoms with Gasteiger partial charge in [-0.1, -0.05) is 50.6 Å². The summed E-state index contributed by atoms with van der Waals surface area (Å²) >= 11 is 9.93. The SMILES string of the molecule is CC(C)(C)c1ccc(N2C(=O)c3cc(F)ccc3[C@H](C(=O)CO)[C@H]2c2ccc(O)c(Br)c2)cc1Cl. The molecule has 0 saturated carbocycles. The van der Waals surface area contributed by atoms with Crippen molar-refractivity contribution in [2.75, 3.05) is 11.5 Å². The van der Waals surface area contributed by atoms with Gasteiger partial charge in [0.15, 0.2) is 5.78 Å². The van der Waals surface area contributed by atoms with Crippen molar-refractivity contribution in [1.82, 2.24) is 0 Å². The van der Waals surface area contributed by atoms with Crippen LogP contribution in [0.5, 0.6) is 5.75 Å². The number of hydrogen-bond donors (Lipinski definition) is 2. The number of carbonyl (C=O) groups excluding carboxylic acids is 2. The van der Waals surface area contributed by atoms with Crippen molar-refractivity contribution < 1.29 is 24.2 Å². The summed E-state index contributed by atoms with van der Waals surface area (Å²) in [7, 11) is 0. The third-order valence-electron chi connectivity index (χ3n) is 6.25. The van der Waals surface area contributed by atoms with Crippen molar-refractivity contribution in [3.05, 3.63) is 92.2 Å². The Kier molecular flexibility index (Phi) is 6.79. The Labute approximate surface area is 216 Å². The summed E-state index contributed by atoms with van der Waals surface area (Å²) in [4.78, 5) is 28.4. The maximum absolute atomic E-state index is 14.2. The molecule has 3 aromatic carbocycles. The van der Waals surface area contributed by atoms with E-state index in [0.29, 0.717) is 26.3 Å². The normalized spacial score (nSPS) is 17.9. The summed E-state index contributed by atoms with van der Waals surface area (Å²) in [5, 5.41) is 20.3. The van der Waals surface area contributed by atoms with Gasteiger partial charge in [0.25, 0.3) is 5.91 Å². The summed E-state index contributed by atoms with van der Waals surface area (Å²) < 4.78 is 14.6. The zero-order valence-corrected chi connectivity index (χ0v) is 21.7. The van der Waals surface area contributed by atoms with Crippen molar-refractivity contribution in [2.24, 2.45) is 0 Å². The highest BCUT2D eigenvalue weighted by atomic mass is 79.9. The molecule has 0 aliphatic carbocycles. The first-order valence-corrected chi connectivity index (χ1v) is 12.2. The van der Waals surface area contributed by atoms with Gasteiger partial charge in [-0.2, -0.15) is 0 Å². The topological polar surface area (TPSA) is 77.8 Å². The second-order valence-corrected chi connectivity index (χ2v) is 10.8. The fraction of sp³-hybridized carbons (Fsp3) is 0.259. The van der Waals surface area contributed by atoms with E-state index in [1.807, 2.05) is 26.8 Å². The van der Waals surface area contributed by atoms with E-state index in [1.165, 1.54) is 23.1 Å². The molecule has 3 aromatic rings. The third kappa shape index (κ3) is 4.60. The molecule has 2 atom stereocenters. The third-order valence-corrected chi connectivity index (χ3v) is 7.20. The number of nitrogens with zero attached hydrogens (tertiary/aromatic N) is 1. The van der Waals surface area contributed by atoms with E-state index >= 15 is 0 Å². The Hall–Kier alpha value is -2.74. The average Bonchev–Trinajstić information content (AvgIpc) is 2.79. The van der Waals surface area contributed by atoms with E-state index in [0.717, 1.165) is 11.6 Å². The van der Waals surface area contributed by atoms with Gasteiger partial charge < -0.3 is 10.2 Å². The van der Waals surface area contributed by atoms with E-state index in [4.69, 9.17) is 11.6 Å². The van der Waals surface area contributed by atoms with Crippen LogP contribution in [0, 0.1) is 5.82 Å². The Morgan fingerprint density at radius 1 is 1.11 bits per heavy atom. The molecule has 1 aliphatic rings. The highest BCUT2D eigenvalue weighted by molar-refractivity contribution is 9.10. The first kappa shape index (κ1) is 25.4. The van der Waals surface area contributed by atoms with E-state index in [2.05, 4.69) is 15.9 Å². The van der Waals surface area contributed by atoms with Crippen LogP contribution in [0.1, 0.15) is 59.8 Å². The lowest BCUT2D eigenvalue weighted by atomic mass is 9.77. The number of aromatic hydroxyl groups is 1. The number of ketones is 1. The van der Waals surface area contributed by atoms with Crippen molar-refractivity contribution in [1.29, 1.82) is 0 Å². The lowest BCUT2D eigenvalue weighted by Crippen LogP contribution is -2.45. The molecule has 0 radical (unpaired) electrons. The number of halogens is 3. The van der Waals surface area contributed by atoms with E-state index in [-0.39, 0.29) is 16.7 Å². The van der Waals surface area contributed by atoms with Gasteiger partial charge in [0.2, 0.25) is 0 Å². The van der Waals surface area contributed by atoms with Crippen LogP contribution in [-0.4, -0.2) is 28.5 Å². The van der Waals surface area contributed by atoms with Crippen molar-refractivity contribution in [3.63, 3.8) is 0 Å². The number of Topliss-reactive ketones (excluding diaryl/α,β-unsaturated/α-hetero) is 1. The second-order valence-electron chi connectivity index (χ2n) is 9.58. The standard InChI is InChI=1S/C27H24BrClFNO4/c1-27(2,3)19-8-6-16(12-21(19)29)31-25(14-4-9-22(33)20(28)10-14)24(23(34)13-32)17-7-5-15(30)11-18(17)26(31)35/h4-12,24-25,32-33H,13H2,1-3H3/t24-,25-/m1/s1. The molecule has 182 valence electrons. The van der Waals surface area contributed by atoms with Gasteiger partial charge in [-0.15, -0.1) is 0 Å². The number of aliphatic hydroxyl groups excluding tert-OH is 1. The molecule has 5 nitrogen and oxygen atoms in total. The molecule has 0 unspecified atom stereocenters. The number of benzene rings is 3. The number of aliphatic hydroxyl groups is 1. The minimum absolute atomic E-state index is 0.00693. The van der Waals surface area contributed by atoms with Crippen LogP contribution in [0.4, 0.5) is 10.1 Å². The number of anilines is 1. The van der Waals surface area contributed by atoms with Gasteiger partial charge in [-0.05, 0) is 74.4 Å². The Bertz CT molecular complexity index is 1340. The van der Waals surface area contributed by atoms with Gasteiger partial charge in [0, 0.05) is 16.3 Å². The summed E-state index contributed by atoms with van der Waals surface area (Å²) in [5.41, 5.74) is 1.98. The zero-order valence-electron chi connectivity index (χ0n) is 19.3. The number of fused-ring (bicyclic) bond motifs is 1. The summed E-state index contributed by atoms with van der Waals surface area (Å²) in [6.45, 7) is 5.30. The molecule has 0 saturated heterocycles. The van der Waals surface area contributed by atoms with Crippen molar-refractivity contribution in [2.45, 2.75) is 38.1 Å². The van der Waals surface area contributed by atoms with Crippen LogP contribution < -0.4 is 4.90 Å². The van der Waals surface area contributed by atoms with Crippen LogP contribution >= 0.6 is 27.5 Å². The molecule has 35 heavy (non-hydrogen) atoms. The fourth-order valence-corrected chi connectivity index (χ4v) is 5.45. The van der Waals surface area contributed by atoms with E-state index in [9.17, 15) is 24.2 Å². The van der Waals surface area contributed by atoms with Crippen LogP contribution in [0.15, 0.2) is 59.1 Å². The summed E-state index contributed by atoms with van der Waals surface area (Å²) in [6.07, 6.45) is 0. The number of phenols is 1. The molecule has 1 aliphatic heterocycles. The lowest BCUT2D eigenvalue weighted by molar-refractivity contribution is -0.123. The number of hydrogen-bond acceptors (Lipinski definition) is 4. The van der Waals surface area contributed by atoms with Crippen LogP contribution in [-0.2, 0) is 10.2 Å². The van der Waals surface area contributed by atoms with Crippen molar-refractivity contribution >= 4 is 44.9 Å². The molecule has 8 heteroatoms. The highest BCUT2D eigenvalue weighted by Gasteiger charge is 2.45. The largest absolute Gasteiger partial charge is 0.507 e. The Morgan fingerprint density at radius 2 is 1.83 bits per heavy atom. The second kappa shape index (κ2) is 9.37. The molecule has 4 rings (SSSR count). The van der Waals surface area contributed by atoms with Gasteiger partial charge in [-0.25, -0.2) is 4.39 Å². The predicted molar refractivity (Wildman–Crippen MR) is 137 cm³/mol. The molecule has 0 bridgehead atoms. The van der Waals surface area contributed by atoms with E-state index in [1.54, 1.807) is 24.3 Å². The van der Waals surface area contributed by atoms with Crippen LogP contribution in [0.2, 0.25) is 5.02 Å². The molecule has 0 aromatic heterocycles. The molecule has 2 N–H and O–H groups in total. The number of carbonyl (C=O) groups is 2. The maximum Gasteiger partial charge on any atom is 0.259 e. The van der Waals surface area contributed by atoms with Gasteiger partial charge >= 0.3 is 0 Å². The Morgan fingerprint density at radius 3 is 2.43 bits per heavy atom. The molecule has 1 heterocycles. The Balaban J connectivity index is 2.01. The lowest BCUT2D eigenvalue weighted by Gasteiger charge is -2.42. The van der Waals surface area contributed by atoms with Crippen LogP contribution in [0.3, 0.4) is 0 Å². The van der Waals surface area contributed by atoms with Crippen molar-refractivity contribution in [3.8, 4) is 5.75 Å². The first-order chi connectivity index (χ1) is 16.4. The molecular formula is C27H24BrClFNO4. The molecular weight excluding hydrogens is 537 g/mol. The highest BCUT2D eigenvalue weighted by Crippen LogP contribution is 2.47. The smallest absolute Gasteiger partial charge is 0.259 e. The number of phenolic OH excluding ortho intramolecular Hbond substituents is 1. The average molecular weight is 561 g/mol. The summed E-state index contributed by atoms with van der Waals surface area (Å²) in [6, 6.07) is 12.8. The van der Waals surface area contributed by atoms with Crippen LogP contribution in [0.25, 0.3) is 0 Å². The number of amides is 1. The minimum Gasteiger partial charge on any atom is -0.507 e. The maximum atomic E-state index is 14.2. The van der Waals surface area contributed by atoms with E-state index < -0.39 is 36.1 Å². The van der Waals surface area contributed by atoms with Gasteiger partial charge in [0.05, 0.1) is 16.4 Å². The minimum atomic E-state index is -0.981. The molecule has 0 fully saturated rings. The molecule has 1 amide bonds. The van der Waals surface area contributed by atoms with Gasteiger partial charge in [-0.3, -0.25) is 14.5 Å². The quantitative estimate of drug-likeness (QED) is 0.393. The fourth-order valence-electron chi connectivity index (χ4n) is 4.60. The first-order valence-electron chi connectivity index (χ1n) is 11.0. The monoisotopic (exact) mass is 559 g/mol. The van der Waals surface area contributed by atoms with Gasteiger partial charge in [0.1, 0.15) is 18.2 Å². The summed E-state index contributed by atoms with van der Waals surface area (Å²) in [5.74, 6) is -2.63. The molecule has 0 spiro atoms. The number of rotatable bonds is 4. The zero-order chi connectivity index (χ0) is 25.7. The predicted octanol–water partition coefficient (Wildman–Crippen LogP) is 6.29.